The molecule has 0 aliphatic heterocycles. The molecule has 0 amide bonds. The van der Waals surface area contributed by atoms with Crippen molar-refractivity contribution in [2.75, 3.05) is 45.5 Å². The molecule has 0 spiro atoms. The number of unbranched alkanes of at least 4 members (excludes halogenated alkanes) is 2. The monoisotopic (exact) mass is 378 g/mol. The number of hydrogen-bond acceptors (Lipinski definition) is 8. The molecular weight excluding hydrogens is 348 g/mol. The van der Waals surface area contributed by atoms with Gasteiger partial charge in [-0.25, -0.2) is 4.79 Å². The average molecular weight is 378 g/mol. The first-order valence-electron chi connectivity index (χ1n) is 8.25. The highest BCUT2D eigenvalue weighted by molar-refractivity contribution is 7.99. The lowest BCUT2D eigenvalue weighted by molar-refractivity contribution is -0.146. The highest BCUT2D eigenvalue weighted by Gasteiger charge is 2.29. The molecule has 0 N–H and O–H groups in total. The van der Waals surface area contributed by atoms with Crippen LogP contribution >= 0.6 is 11.8 Å². The zero-order valence-corrected chi connectivity index (χ0v) is 16.4. The van der Waals surface area contributed by atoms with E-state index in [4.69, 9.17) is 18.9 Å². The van der Waals surface area contributed by atoms with E-state index in [-0.39, 0.29) is 43.9 Å². The molecule has 0 rings (SSSR count). The minimum Gasteiger partial charge on any atom is -0.464 e. The van der Waals surface area contributed by atoms with Gasteiger partial charge in [0.2, 0.25) is 0 Å². The van der Waals surface area contributed by atoms with Gasteiger partial charge in [-0.2, -0.15) is 11.8 Å². The summed E-state index contributed by atoms with van der Waals surface area (Å²) in [6.07, 6.45) is 3.90. The van der Waals surface area contributed by atoms with Gasteiger partial charge in [0, 0.05) is 13.5 Å². The third-order valence-corrected chi connectivity index (χ3v) is 3.79. The Morgan fingerprint density at radius 2 is 1.64 bits per heavy atom. The van der Waals surface area contributed by atoms with Crippen molar-refractivity contribution >= 4 is 29.7 Å². The van der Waals surface area contributed by atoms with Gasteiger partial charge in [0.05, 0.1) is 24.4 Å². The molecule has 0 aromatic carbocycles. The van der Waals surface area contributed by atoms with Gasteiger partial charge in [0.15, 0.2) is 0 Å². The van der Waals surface area contributed by atoms with Gasteiger partial charge < -0.3 is 23.7 Å². The van der Waals surface area contributed by atoms with Crippen molar-refractivity contribution in [3.8, 4) is 0 Å². The molecule has 1 atom stereocenters. The van der Waals surface area contributed by atoms with Crippen LogP contribution in [0.3, 0.4) is 0 Å². The average Bonchev–Trinajstić information content (AvgIpc) is 2.55. The number of carbonyl (C=O) groups excluding carboxylic acids is 3. The molecule has 0 aliphatic rings. The predicted molar refractivity (Wildman–Crippen MR) is 95.8 cm³/mol. The smallest absolute Gasteiger partial charge is 0.464 e. The Labute approximate surface area is 154 Å². The first-order valence-corrected chi connectivity index (χ1v) is 9.65. The van der Waals surface area contributed by atoms with Crippen LogP contribution in [0, 0.1) is 5.41 Å². The quantitative estimate of drug-likeness (QED) is 0.337. The topological polar surface area (TPSA) is 88.1 Å². The van der Waals surface area contributed by atoms with Gasteiger partial charge in [-0.05, 0) is 32.4 Å². The summed E-state index contributed by atoms with van der Waals surface area (Å²) < 4.78 is 20.4. The maximum atomic E-state index is 11.6. The second-order valence-corrected chi connectivity index (χ2v) is 7.10. The molecule has 0 aromatic rings. The summed E-state index contributed by atoms with van der Waals surface area (Å²) in [5, 5.41) is 0. The first-order chi connectivity index (χ1) is 11.8. The van der Waals surface area contributed by atoms with E-state index in [2.05, 4.69) is 0 Å². The van der Waals surface area contributed by atoms with Gasteiger partial charge in [0.25, 0.3) is 0 Å². The number of rotatable bonds is 14. The molecule has 0 saturated heterocycles. The number of Topliss-reactive ketones (excluding diaryl/α,β-unsaturated/α-hetero) is 1. The van der Waals surface area contributed by atoms with Crippen molar-refractivity contribution < 1.29 is 33.3 Å². The van der Waals surface area contributed by atoms with Crippen LogP contribution in [-0.4, -0.2) is 63.5 Å². The highest BCUT2D eigenvalue weighted by atomic mass is 32.2. The maximum Gasteiger partial charge on any atom is 0.508 e. The predicted octanol–water partition coefficient (Wildman–Crippen LogP) is 2.85. The zero-order chi connectivity index (χ0) is 19.1. The minimum absolute atomic E-state index is 0.0244. The van der Waals surface area contributed by atoms with Gasteiger partial charge >= 0.3 is 12.1 Å². The number of carbonyl (C=O) groups is 3. The summed E-state index contributed by atoms with van der Waals surface area (Å²) in [6, 6.07) is 0. The molecule has 25 heavy (non-hydrogen) atoms. The second-order valence-electron chi connectivity index (χ2n) is 6.24. The summed E-state index contributed by atoms with van der Waals surface area (Å²) in [5.41, 5.74) is -0.636. The molecule has 0 aromatic heterocycles. The van der Waals surface area contributed by atoms with Crippen LogP contribution in [-0.2, 0) is 28.5 Å². The first kappa shape index (κ1) is 23.7. The van der Waals surface area contributed by atoms with E-state index in [1.54, 1.807) is 13.8 Å². The normalized spacial score (nSPS) is 13.0. The van der Waals surface area contributed by atoms with Crippen molar-refractivity contribution in [2.45, 2.75) is 39.5 Å². The molecule has 0 heterocycles. The molecule has 0 fully saturated rings. The molecule has 146 valence electrons. The fraction of sp³-hybridized carbons (Fsp3) is 0.824. The number of esters is 1. The lowest BCUT2D eigenvalue weighted by Gasteiger charge is -2.27. The van der Waals surface area contributed by atoms with E-state index in [1.807, 2.05) is 6.26 Å². The van der Waals surface area contributed by atoms with E-state index < -0.39 is 11.6 Å². The second kappa shape index (κ2) is 13.9. The van der Waals surface area contributed by atoms with E-state index in [9.17, 15) is 14.4 Å². The number of ether oxygens (including phenoxy) is 4. The fourth-order valence-corrected chi connectivity index (χ4v) is 2.29. The van der Waals surface area contributed by atoms with Crippen molar-refractivity contribution in [3.05, 3.63) is 0 Å². The van der Waals surface area contributed by atoms with Crippen LogP contribution in [0.5, 0.6) is 0 Å². The van der Waals surface area contributed by atoms with Crippen LogP contribution in [0.25, 0.3) is 0 Å². The number of methoxy groups -OCH3 is 1. The van der Waals surface area contributed by atoms with E-state index in [0.717, 1.165) is 12.8 Å². The van der Waals surface area contributed by atoms with E-state index in [1.165, 1.54) is 18.9 Å². The maximum absolute atomic E-state index is 11.6. The van der Waals surface area contributed by atoms with Gasteiger partial charge in [-0.1, -0.05) is 6.92 Å². The van der Waals surface area contributed by atoms with Crippen molar-refractivity contribution in [1.82, 2.24) is 0 Å². The van der Waals surface area contributed by atoms with E-state index >= 15 is 0 Å². The van der Waals surface area contributed by atoms with Crippen LogP contribution in [0.2, 0.25) is 0 Å². The van der Waals surface area contributed by atoms with Crippen LogP contribution in [0.1, 0.15) is 39.5 Å². The summed E-state index contributed by atoms with van der Waals surface area (Å²) in [6.45, 7) is 4.01. The molecule has 0 saturated carbocycles. The number of hydrogen-bond donors (Lipinski definition) is 0. The Balaban J connectivity index is 4.04. The lowest BCUT2D eigenvalue weighted by Crippen LogP contribution is -2.36. The molecule has 1 unspecified atom stereocenters. The molecular formula is C17H30O7S. The number of thioether (sulfide) groups is 1. The molecule has 0 aliphatic carbocycles. The summed E-state index contributed by atoms with van der Waals surface area (Å²) in [5.74, 6) is 0.120. The Bertz CT molecular complexity index is 414. The fourth-order valence-electron chi connectivity index (χ4n) is 1.97. The van der Waals surface area contributed by atoms with Crippen molar-refractivity contribution in [2.24, 2.45) is 5.41 Å². The highest BCUT2D eigenvalue weighted by Crippen LogP contribution is 2.19. The van der Waals surface area contributed by atoms with Crippen molar-refractivity contribution in [3.63, 3.8) is 0 Å². The van der Waals surface area contributed by atoms with Gasteiger partial charge in [0.1, 0.15) is 19.0 Å². The molecule has 7 nitrogen and oxygen atoms in total. The van der Waals surface area contributed by atoms with Gasteiger partial charge in [-0.15, -0.1) is 0 Å². The third-order valence-electron chi connectivity index (χ3n) is 3.27. The number of ketones is 1. The van der Waals surface area contributed by atoms with E-state index in [0.29, 0.717) is 12.8 Å². The SMILES string of the molecule is COCC(C)(COC(=O)CSC)COC(=O)OCCCCCC(C)=O. The summed E-state index contributed by atoms with van der Waals surface area (Å²) in [4.78, 5) is 33.9. The van der Waals surface area contributed by atoms with Crippen LogP contribution in [0.15, 0.2) is 0 Å². The zero-order valence-electron chi connectivity index (χ0n) is 15.6. The minimum atomic E-state index is -0.760. The molecule has 0 radical (unpaired) electrons. The third kappa shape index (κ3) is 13.7. The van der Waals surface area contributed by atoms with Gasteiger partial charge in [-0.3, -0.25) is 4.79 Å². The van der Waals surface area contributed by atoms with Crippen molar-refractivity contribution in [1.29, 1.82) is 0 Å². The Kier molecular flexibility index (Phi) is 13.2. The Hall–Kier alpha value is -1.28. The Morgan fingerprint density at radius 3 is 2.24 bits per heavy atom. The van der Waals surface area contributed by atoms with Crippen LogP contribution < -0.4 is 0 Å². The Morgan fingerprint density at radius 1 is 0.960 bits per heavy atom. The standard InChI is InChI=1S/C17H30O7S/c1-14(18)8-6-5-7-9-22-16(20)24-13-17(2,11-21-3)12-23-15(19)10-25-4/h5-13H2,1-4H3. The largest absolute Gasteiger partial charge is 0.508 e. The molecule has 8 heteroatoms. The van der Waals surface area contributed by atoms with Crippen LogP contribution in [0.4, 0.5) is 4.79 Å². The summed E-state index contributed by atoms with van der Waals surface area (Å²) >= 11 is 1.38. The lowest BCUT2D eigenvalue weighted by atomic mass is 9.94. The molecule has 0 bridgehead atoms. The summed E-state index contributed by atoms with van der Waals surface area (Å²) in [7, 11) is 1.53.